The van der Waals surface area contributed by atoms with Crippen molar-refractivity contribution in [1.29, 1.82) is 0 Å². The minimum Gasteiger partial charge on any atom is -0.369 e. The maximum absolute atomic E-state index is 14.4. The Hall–Kier alpha value is -2.41. The number of primary amides is 1. The summed E-state index contributed by atoms with van der Waals surface area (Å²) in [6, 6.07) is 5.74. The average molecular weight is 410 g/mol. The van der Waals surface area contributed by atoms with Crippen LogP contribution in [0.5, 0.6) is 0 Å². The highest BCUT2D eigenvalue weighted by Gasteiger charge is 2.80. The zero-order chi connectivity index (χ0) is 20.8. The predicted molar refractivity (Wildman–Crippen MR) is 106 cm³/mol. The number of hydrogen-bond acceptors (Lipinski definition) is 4. The fraction of sp³-hybridized carbons (Fsp3) is 0.522. The van der Waals surface area contributed by atoms with Crippen molar-refractivity contribution < 1.29 is 13.6 Å². The second-order valence-electron chi connectivity index (χ2n) is 9.49. The number of carbonyl (C=O) groups is 1. The Morgan fingerprint density at radius 1 is 1.27 bits per heavy atom. The molecule has 6 rings (SSSR count). The third-order valence-electron chi connectivity index (χ3n) is 8.31. The van der Waals surface area contributed by atoms with Gasteiger partial charge in [0.15, 0.2) is 0 Å². The standard InChI is InChI=1S/C23H24F2N4O/c1-2-29(9-18(26)30)10-23-14-7-11-6-12(19(11)21(14)23)13-8-17(27-28-22(13)23)20-15(24)4-3-5-16(20)25/h3-5,8,11-12,14,19,21H,2,6-7,9-10H2,1H3,(H2,26,30). The number of nitrogens with zero attached hydrogens (tertiary/aromatic N) is 3. The van der Waals surface area contributed by atoms with E-state index in [0.29, 0.717) is 23.7 Å². The molecule has 156 valence electrons. The van der Waals surface area contributed by atoms with Gasteiger partial charge in [-0.1, -0.05) is 13.0 Å². The van der Waals surface area contributed by atoms with Crippen LogP contribution in [0, 0.1) is 35.3 Å². The molecule has 1 amide bonds. The molecular formula is C23H24F2N4O. The van der Waals surface area contributed by atoms with Gasteiger partial charge in [0.05, 0.1) is 23.5 Å². The molecule has 0 aliphatic heterocycles. The van der Waals surface area contributed by atoms with Gasteiger partial charge in [-0.15, -0.1) is 0 Å². The van der Waals surface area contributed by atoms with Gasteiger partial charge in [-0.3, -0.25) is 9.69 Å². The summed E-state index contributed by atoms with van der Waals surface area (Å²) >= 11 is 0. The average Bonchev–Trinajstić information content (AvgIpc) is 3.15. The van der Waals surface area contributed by atoms with Crippen LogP contribution in [0.25, 0.3) is 11.3 Å². The van der Waals surface area contributed by atoms with E-state index in [9.17, 15) is 13.6 Å². The van der Waals surface area contributed by atoms with Gasteiger partial charge < -0.3 is 5.73 Å². The summed E-state index contributed by atoms with van der Waals surface area (Å²) in [6.45, 7) is 3.75. The molecular weight excluding hydrogens is 386 g/mol. The molecule has 1 heterocycles. The molecule has 3 saturated carbocycles. The molecule has 0 spiro atoms. The van der Waals surface area contributed by atoms with Gasteiger partial charge in [0, 0.05) is 12.0 Å². The van der Waals surface area contributed by atoms with Crippen molar-refractivity contribution >= 4 is 5.91 Å². The number of fused-ring (bicyclic) bond motifs is 4. The number of rotatable bonds is 6. The quantitative estimate of drug-likeness (QED) is 0.795. The molecule has 3 fully saturated rings. The molecule has 2 aromatic rings. The molecule has 4 aliphatic carbocycles. The van der Waals surface area contributed by atoms with E-state index < -0.39 is 11.6 Å². The van der Waals surface area contributed by atoms with Crippen molar-refractivity contribution in [1.82, 2.24) is 15.1 Å². The third kappa shape index (κ3) is 2.21. The normalized spacial score (nSPS) is 34.3. The van der Waals surface area contributed by atoms with Crippen LogP contribution in [0.2, 0.25) is 0 Å². The Bertz CT molecular complexity index is 1050. The van der Waals surface area contributed by atoms with Crippen LogP contribution >= 0.6 is 0 Å². The Kier molecular flexibility index (Phi) is 3.71. The van der Waals surface area contributed by atoms with Gasteiger partial charge >= 0.3 is 0 Å². The number of hydrogen-bond donors (Lipinski definition) is 1. The van der Waals surface area contributed by atoms with Crippen LogP contribution in [-0.4, -0.2) is 40.6 Å². The molecule has 0 saturated heterocycles. The van der Waals surface area contributed by atoms with Gasteiger partial charge in [-0.25, -0.2) is 8.78 Å². The van der Waals surface area contributed by atoms with Crippen LogP contribution in [0.4, 0.5) is 8.78 Å². The summed E-state index contributed by atoms with van der Waals surface area (Å²) in [5.41, 5.74) is 7.62. The van der Waals surface area contributed by atoms with Crippen molar-refractivity contribution in [3.63, 3.8) is 0 Å². The van der Waals surface area contributed by atoms with Crippen LogP contribution in [-0.2, 0) is 10.2 Å². The first kappa shape index (κ1) is 18.4. The van der Waals surface area contributed by atoms with Gasteiger partial charge in [-0.2, -0.15) is 10.2 Å². The van der Waals surface area contributed by atoms with Gasteiger partial charge in [-0.05, 0) is 72.7 Å². The first-order valence-electron chi connectivity index (χ1n) is 10.8. The predicted octanol–water partition coefficient (Wildman–Crippen LogP) is 2.85. The summed E-state index contributed by atoms with van der Waals surface area (Å²) in [6.07, 6.45) is 2.34. The highest BCUT2D eigenvalue weighted by Crippen LogP contribution is 2.81. The highest BCUT2D eigenvalue weighted by molar-refractivity contribution is 5.76. The Balaban J connectivity index is 1.44. The second kappa shape index (κ2) is 6.06. The molecule has 1 aromatic carbocycles. The topological polar surface area (TPSA) is 72.1 Å². The largest absolute Gasteiger partial charge is 0.369 e. The van der Waals surface area contributed by atoms with E-state index in [0.717, 1.165) is 36.7 Å². The van der Waals surface area contributed by atoms with Crippen LogP contribution in [0.15, 0.2) is 24.3 Å². The van der Waals surface area contributed by atoms with E-state index in [1.807, 2.05) is 13.0 Å². The van der Waals surface area contributed by atoms with Crippen molar-refractivity contribution in [2.45, 2.75) is 31.1 Å². The lowest BCUT2D eigenvalue weighted by Gasteiger charge is -2.50. The van der Waals surface area contributed by atoms with Crippen molar-refractivity contribution in [2.24, 2.45) is 29.4 Å². The first-order chi connectivity index (χ1) is 14.5. The first-order valence-corrected chi connectivity index (χ1v) is 10.8. The molecule has 0 bridgehead atoms. The molecule has 6 atom stereocenters. The van der Waals surface area contributed by atoms with Crippen molar-refractivity contribution in [2.75, 3.05) is 19.6 Å². The molecule has 1 aromatic heterocycles. The summed E-state index contributed by atoms with van der Waals surface area (Å²) in [7, 11) is 0. The lowest BCUT2D eigenvalue weighted by atomic mass is 9.55. The number of halogens is 2. The summed E-state index contributed by atoms with van der Waals surface area (Å²) in [5.74, 6) is 1.36. The van der Waals surface area contributed by atoms with E-state index in [2.05, 4.69) is 15.1 Å². The minimum atomic E-state index is -0.620. The Morgan fingerprint density at radius 2 is 2.03 bits per heavy atom. The van der Waals surface area contributed by atoms with Crippen molar-refractivity contribution in [3.05, 3.63) is 47.2 Å². The zero-order valence-corrected chi connectivity index (χ0v) is 16.8. The maximum atomic E-state index is 14.4. The molecule has 0 radical (unpaired) electrons. The second-order valence-corrected chi connectivity index (χ2v) is 9.49. The molecule has 7 heteroatoms. The summed E-state index contributed by atoms with van der Waals surface area (Å²) in [4.78, 5) is 13.6. The Labute approximate surface area is 173 Å². The van der Waals surface area contributed by atoms with Crippen LogP contribution < -0.4 is 5.73 Å². The van der Waals surface area contributed by atoms with E-state index in [1.54, 1.807) is 0 Å². The lowest BCUT2D eigenvalue weighted by Crippen LogP contribution is -2.48. The van der Waals surface area contributed by atoms with Gasteiger partial charge in [0.25, 0.3) is 0 Å². The molecule has 2 N–H and O–H groups in total. The smallest absolute Gasteiger partial charge is 0.231 e. The van der Waals surface area contributed by atoms with Crippen LogP contribution in [0.3, 0.4) is 0 Å². The minimum absolute atomic E-state index is 0.0990. The van der Waals surface area contributed by atoms with E-state index >= 15 is 0 Å². The van der Waals surface area contributed by atoms with Crippen molar-refractivity contribution in [3.8, 4) is 11.3 Å². The SMILES string of the molecule is CCN(CC(N)=O)CC12c3nnc(-c4c(F)cccc4F)cc3C3CC4CC1C2C43. The number of carbonyl (C=O) groups excluding carboxylic acids is 1. The Morgan fingerprint density at radius 3 is 2.73 bits per heavy atom. The summed E-state index contributed by atoms with van der Waals surface area (Å²) < 4.78 is 28.7. The lowest BCUT2D eigenvalue weighted by molar-refractivity contribution is -0.119. The number of aromatic nitrogens is 2. The number of amides is 1. The zero-order valence-electron chi connectivity index (χ0n) is 16.8. The highest BCUT2D eigenvalue weighted by atomic mass is 19.1. The van der Waals surface area contributed by atoms with E-state index in [-0.39, 0.29) is 29.1 Å². The van der Waals surface area contributed by atoms with E-state index in [1.165, 1.54) is 24.6 Å². The van der Waals surface area contributed by atoms with E-state index in [4.69, 9.17) is 5.73 Å². The maximum Gasteiger partial charge on any atom is 0.231 e. The molecule has 30 heavy (non-hydrogen) atoms. The number of likely N-dealkylation sites (N-methyl/N-ethyl adjacent to an activating group) is 1. The van der Waals surface area contributed by atoms with Crippen LogP contribution in [0.1, 0.15) is 36.9 Å². The van der Waals surface area contributed by atoms with Gasteiger partial charge in [0.1, 0.15) is 11.6 Å². The molecule has 6 unspecified atom stereocenters. The molecule has 4 aliphatic rings. The monoisotopic (exact) mass is 410 g/mol. The number of nitrogens with two attached hydrogens (primary N) is 1. The molecule has 5 nitrogen and oxygen atoms in total. The number of benzene rings is 1. The summed E-state index contributed by atoms with van der Waals surface area (Å²) in [5, 5.41) is 8.90. The third-order valence-corrected chi connectivity index (χ3v) is 8.31. The fourth-order valence-electron chi connectivity index (χ4n) is 7.17. The fourth-order valence-corrected chi connectivity index (χ4v) is 7.17. The van der Waals surface area contributed by atoms with Gasteiger partial charge in [0.2, 0.25) is 5.91 Å².